The predicted octanol–water partition coefficient (Wildman–Crippen LogP) is 5.64. The molecule has 0 saturated carbocycles. The molecule has 4 rings (SSSR count). The van der Waals surface area contributed by atoms with Gasteiger partial charge in [0.05, 0.1) is 12.7 Å². The predicted molar refractivity (Wildman–Crippen MR) is 119 cm³/mol. The van der Waals surface area contributed by atoms with Gasteiger partial charge in [0.25, 0.3) is 0 Å². The quantitative estimate of drug-likeness (QED) is 0.479. The third-order valence-electron chi connectivity index (χ3n) is 6.39. The molecule has 1 aliphatic heterocycles. The monoisotopic (exact) mass is 402 g/mol. The molecule has 30 heavy (non-hydrogen) atoms. The Morgan fingerprint density at radius 3 is 1.50 bits per heavy atom. The van der Waals surface area contributed by atoms with Crippen molar-refractivity contribution in [1.82, 2.24) is 0 Å². The maximum Gasteiger partial charge on any atom is 0.160 e. The summed E-state index contributed by atoms with van der Waals surface area (Å²) in [7, 11) is 1.71. The third-order valence-corrected chi connectivity index (χ3v) is 6.39. The van der Waals surface area contributed by atoms with E-state index in [-0.39, 0.29) is 12.4 Å². The van der Waals surface area contributed by atoms with Crippen LogP contribution < -0.4 is 0 Å². The highest BCUT2D eigenvalue weighted by molar-refractivity contribution is 5.47. The Morgan fingerprint density at radius 2 is 1.13 bits per heavy atom. The van der Waals surface area contributed by atoms with Crippen LogP contribution in [0.25, 0.3) is 0 Å². The van der Waals surface area contributed by atoms with Crippen molar-refractivity contribution in [1.29, 1.82) is 0 Å². The lowest BCUT2D eigenvalue weighted by molar-refractivity contribution is -0.149. The fraction of sp³-hybridized carbons (Fsp3) is 0.333. The van der Waals surface area contributed by atoms with E-state index >= 15 is 0 Å². The van der Waals surface area contributed by atoms with E-state index in [1.54, 1.807) is 7.11 Å². The standard InChI is InChI=1S/C27H30O3/c1-20-21(2)26(28-3)30-25(20)19-29-27(22-13-7-4-8-14-22,23-15-9-5-10-16-23)24-17-11-6-12-18-24/h4-18,20-21,25-26H,19H2,1-3H3/t20?,21?,25-,26?/m1/s1. The summed E-state index contributed by atoms with van der Waals surface area (Å²) in [5.41, 5.74) is 2.58. The van der Waals surface area contributed by atoms with Crippen molar-refractivity contribution in [2.75, 3.05) is 13.7 Å². The first-order chi connectivity index (χ1) is 14.7. The maximum absolute atomic E-state index is 6.90. The molecular formula is C27H30O3. The second-order valence-corrected chi connectivity index (χ2v) is 8.09. The van der Waals surface area contributed by atoms with Crippen LogP contribution in [0.4, 0.5) is 0 Å². The van der Waals surface area contributed by atoms with Crippen LogP contribution in [0.2, 0.25) is 0 Å². The van der Waals surface area contributed by atoms with E-state index in [1.165, 1.54) is 0 Å². The van der Waals surface area contributed by atoms with E-state index in [1.807, 2.05) is 18.2 Å². The summed E-state index contributed by atoms with van der Waals surface area (Å²) in [6, 6.07) is 31.3. The molecule has 0 spiro atoms. The fourth-order valence-electron chi connectivity index (χ4n) is 4.44. The van der Waals surface area contributed by atoms with Gasteiger partial charge < -0.3 is 14.2 Å². The average Bonchev–Trinajstić information content (AvgIpc) is 3.09. The van der Waals surface area contributed by atoms with Crippen LogP contribution >= 0.6 is 0 Å². The number of methoxy groups -OCH3 is 1. The van der Waals surface area contributed by atoms with Crippen molar-refractivity contribution < 1.29 is 14.2 Å². The molecule has 156 valence electrons. The second-order valence-electron chi connectivity index (χ2n) is 8.09. The molecule has 3 unspecified atom stereocenters. The molecule has 1 heterocycles. The molecule has 0 radical (unpaired) electrons. The smallest absolute Gasteiger partial charge is 0.160 e. The van der Waals surface area contributed by atoms with Crippen molar-refractivity contribution in [3.05, 3.63) is 108 Å². The van der Waals surface area contributed by atoms with Gasteiger partial charge >= 0.3 is 0 Å². The number of benzene rings is 3. The molecule has 0 N–H and O–H groups in total. The van der Waals surface area contributed by atoms with Crippen LogP contribution in [0, 0.1) is 11.8 Å². The zero-order valence-corrected chi connectivity index (χ0v) is 17.9. The molecule has 0 amide bonds. The van der Waals surface area contributed by atoms with Gasteiger partial charge in [0.15, 0.2) is 6.29 Å². The van der Waals surface area contributed by atoms with Crippen LogP contribution in [0.5, 0.6) is 0 Å². The van der Waals surface area contributed by atoms with E-state index in [4.69, 9.17) is 14.2 Å². The lowest BCUT2D eigenvalue weighted by Gasteiger charge is -2.37. The van der Waals surface area contributed by atoms with Crippen LogP contribution in [0.15, 0.2) is 91.0 Å². The summed E-state index contributed by atoms with van der Waals surface area (Å²) in [5.74, 6) is 0.665. The summed E-state index contributed by atoms with van der Waals surface area (Å²) in [5, 5.41) is 0. The lowest BCUT2D eigenvalue weighted by Crippen LogP contribution is -2.37. The minimum absolute atomic E-state index is 0.0274. The number of rotatable bonds is 7. The van der Waals surface area contributed by atoms with Gasteiger partial charge in [0, 0.05) is 13.0 Å². The van der Waals surface area contributed by atoms with Gasteiger partial charge in [-0.05, 0) is 22.6 Å². The summed E-state index contributed by atoms with van der Waals surface area (Å²) in [4.78, 5) is 0. The highest BCUT2D eigenvalue weighted by atomic mass is 16.7. The van der Waals surface area contributed by atoms with Crippen molar-refractivity contribution in [2.24, 2.45) is 11.8 Å². The van der Waals surface area contributed by atoms with Gasteiger partial charge in [-0.3, -0.25) is 0 Å². The molecule has 0 bridgehead atoms. The molecule has 0 aromatic heterocycles. The Balaban J connectivity index is 1.78. The minimum atomic E-state index is -0.721. The van der Waals surface area contributed by atoms with E-state index in [0.717, 1.165) is 16.7 Å². The molecule has 1 saturated heterocycles. The van der Waals surface area contributed by atoms with Crippen molar-refractivity contribution in [2.45, 2.75) is 31.8 Å². The molecule has 0 aliphatic carbocycles. The van der Waals surface area contributed by atoms with Crippen LogP contribution in [-0.4, -0.2) is 26.1 Å². The Morgan fingerprint density at radius 1 is 0.700 bits per heavy atom. The first kappa shape index (κ1) is 20.8. The van der Waals surface area contributed by atoms with Gasteiger partial charge in [-0.1, -0.05) is 105 Å². The third kappa shape index (κ3) is 3.81. The largest absolute Gasteiger partial charge is 0.358 e. The van der Waals surface area contributed by atoms with Crippen molar-refractivity contribution in [3.8, 4) is 0 Å². The van der Waals surface area contributed by atoms with Crippen LogP contribution in [0.3, 0.4) is 0 Å². The first-order valence-electron chi connectivity index (χ1n) is 10.7. The van der Waals surface area contributed by atoms with Crippen molar-refractivity contribution >= 4 is 0 Å². The lowest BCUT2D eigenvalue weighted by atomic mass is 9.80. The summed E-state index contributed by atoms with van der Waals surface area (Å²) in [6.45, 7) is 4.87. The van der Waals surface area contributed by atoms with Gasteiger partial charge in [-0.15, -0.1) is 0 Å². The maximum atomic E-state index is 6.90. The average molecular weight is 403 g/mol. The molecular weight excluding hydrogens is 372 g/mol. The summed E-state index contributed by atoms with van der Waals surface area (Å²) in [6.07, 6.45) is -0.214. The number of ether oxygens (including phenoxy) is 3. The zero-order chi connectivity index (χ0) is 21.0. The van der Waals surface area contributed by atoms with Crippen molar-refractivity contribution in [3.63, 3.8) is 0 Å². The van der Waals surface area contributed by atoms with Crippen LogP contribution in [0.1, 0.15) is 30.5 Å². The normalized spacial score (nSPS) is 24.1. The molecule has 1 fully saturated rings. The van der Waals surface area contributed by atoms with E-state index in [2.05, 4.69) is 86.6 Å². The Hall–Kier alpha value is -2.46. The van der Waals surface area contributed by atoms with Gasteiger partial charge in [-0.2, -0.15) is 0 Å². The molecule has 3 aromatic carbocycles. The SMILES string of the molecule is COC1O[C@H](COC(c2ccccc2)(c2ccccc2)c2ccccc2)C(C)C1C. The summed E-state index contributed by atoms with van der Waals surface area (Å²) >= 11 is 0. The Labute approximate surface area is 179 Å². The molecule has 3 aromatic rings. The van der Waals surface area contributed by atoms with Gasteiger partial charge in [0.2, 0.25) is 0 Å². The fourth-order valence-corrected chi connectivity index (χ4v) is 4.44. The van der Waals surface area contributed by atoms with E-state index < -0.39 is 5.60 Å². The molecule has 1 aliphatic rings. The number of hydrogen-bond acceptors (Lipinski definition) is 3. The molecule has 3 nitrogen and oxygen atoms in total. The molecule has 3 heteroatoms. The number of hydrogen-bond donors (Lipinski definition) is 0. The van der Waals surface area contributed by atoms with Gasteiger partial charge in [0.1, 0.15) is 5.60 Å². The van der Waals surface area contributed by atoms with Crippen LogP contribution in [-0.2, 0) is 19.8 Å². The Bertz CT molecular complexity index is 814. The highest BCUT2D eigenvalue weighted by Gasteiger charge is 2.43. The first-order valence-corrected chi connectivity index (χ1v) is 10.7. The molecule has 4 atom stereocenters. The van der Waals surface area contributed by atoms with E-state index in [0.29, 0.717) is 18.4 Å². The second kappa shape index (κ2) is 9.13. The highest BCUT2D eigenvalue weighted by Crippen LogP contribution is 2.42. The summed E-state index contributed by atoms with van der Waals surface area (Å²) < 4.78 is 18.6. The van der Waals surface area contributed by atoms with E-state index in [9.17, 15) is 0 Å². The Kier molecular flexibility index (Phi) is 6.33. The zero-order valence-electron chi connectivity index (χ0n) is 17.9. The van der Waals surface area contributed by atoms with Gasteiger partial charge in [-0.25, -0.2) is 0 Å². The topological polar surface area (TPSA) is 27.7 Å². The minimum Gasteiger partial charge on any atom is -0.358 e.